The second-order valence-electron chi connectivity index (χ2n) is 7.56. The summed E-state index contributed by atoms with van der Waals surface area (Å²) < 4.78 is 10.9. The predicted octanol–water partition coefficient (Wildman–Crippen LogP) is 1.99. The van der Waals surface area contributed by atoms with E-state index in [2.05, 4.69) is 10.1 Å². The monoisotopic (exact) mass is 371 g/mol. The molecule has 0 spiro atoms. The molecule has 0 radical (unpaired) electrons. The van der Waals surface area contributed by atoms with Gasteiger partial charge in [0.15, 0.2) is 0 Å². The second-order valence-corrected chi connectivity index (χ2v) is 7.56. The lowest BCUT2D eigenvalue weighted by atomic mass is 10.1. The van der Waals surface area contributed by atoms with Crippen molar-refractivity contribution in [2.24, 2.45) is 17.3 Å². The number of carboxylic acids is 1. The Morgan fingerprint density at radius 2 is 1.96 bits per heavy atom. The third-order valence-corrected chi connectivity index (χ3v) is 5.53. The smallest absolute Gasteiger partial charge is 0.307 e. The minimum atomic E-state index is -0.938. The molecule has 1 aromatic heterocycles. The number of benzene rings is 1. The minimum Gasteiger partial charge on any atom is -0.481 e. The van der Waals surface area contributed by atoms with Gasteiger partial charge in [-0.05, 0) is 5.41 Å². The Morgan fingerprint density at radius 3 is 2.63 bits per heavy atom. The van der Waals surface area contributed by atoms with Crippen molar-refractivity contribution in [1.82, 2.24) is 15.0 Å². The van der Waals surface area contributed by atoms with Gasteiger partial charge in [-0.2, -0.15) is 4.98 Å². The molecule has 8 heteroatoms. The van der Waals surface area contributed by atoms with Crippen LogP contribution in [0, 0.1) is 17.3 Å². The molecule has 2 fully saturated rings. The topological polar surface area (TPSA) is 106 Å². The first kappa shape index (κ1) is 17.7. The Kier molecular flexibility index (Phi) is 4.22. The van der Waals surface area contributed by atoms with Crippen molar-refractivity contribution < 1.29 is 24.0 Å². The van der Waals surface area contributed by atoms with Gasteiger partial charge in [-0.15, -0.1) is 0 Å². The fourth-order valence-corrected chi connectivity index (χ4v) is 3.89. The number of aromatic nitrogens is 2. The molecule has 1 unspecified atom stereocenters. The van der Waals surface area contributed by atoms with Gasteiger partial charge in [0.05, 0.1) is 25.0 Å². The van der Waals surface area contributed by atoms with Gasteiger partial charge in [-0.3, -0.25) is 9.59 Å². The molecule has 1 amide bonds. The molecule has 1 aliphatic carbocycles. The highest BCUT2D eigenvalue weighted by Gasteiger charge is 2.67. The summed E-state index contributed by atoms with van der Waals surface area (Å²) in [5.74, 6) is -1.61. The first-order valence-corrected chi connectivity index (χ1v) is 8.91. The first-order chi connectivity index (χ1) is 12.9. The molecule has 27 heavy (non-hydrogen) atoms. The summed E-state index contributed by atoms with van der Waals surface area (Å²) in [6.07, 6.45) is 0. The average Bonchev–Trinajstić information content (AvgIpc) is 3.02. The van der Waals surface area contributed by atoms with Crippen LogP contribution in [0.15, 0.2) is 34.9 Å². The number of hydrogen-bond donors (Lipinski definition) is 1. The van der Waals surface area contributed by atoms with Crippen molar-refractivity contribution >= 4 is 11.9 Å². The maximum atomic E-state index is 13.1. The number of hydrogen-bond acceptors (Lipinski definition) is 6. The summed E-state index contributed by atoms with van der Waals surface area (Å²) in [5.41, 5.74) is 0.256. The van der Waals surface area contributed by atoms with Gasteiger partial charge >= 0.3 is 5.97 Å². The molecular weight excluding hydrogens is 350 g/mol. The van der Waals surface area contributed by atoms with Gasteiger partial charge in [-0.25, -0.2) is 0 Å². The number of nitrogens with zero attached hydrogens (tertiary/aromatic N) is 3. The van der Waals surface area contributed by atoms with E-state index >= 15 is 0 Å². The van der Waals surface area contributed by atoms with Crippen LogP contribution in [0.4, 0.5) is 0 Å². The van der Waals surface area contributed by atoms with E-state index in [1.807, 2.05) is 44.2 Å². The van der Waals surface area contributed by atoms with Crippen LogP contribution in [0.2, 0.25) is 0 Å². The predicted molar refractivity (Wildman–Crippen MR) is 93.4 cm³/mol. The van der Waals surface area contributed by atoms with Crippen LogP contribution in [-0.2, 0) is 14.3 Å². The van der Waals surface area contributed by atoms with Gasteiger partial charge in [0.25, 0.3) is 5.89 Å². The number of rotatable bonds is 4. The van der Waals surface area contributed by atoms with Crippen LogP contribution in [-0.4, -0.2) is 51.8 Å². The van der Waals surface area contributed by atoms with Crippen molar-refractivity contribution in [3.63, 3.8) is 0 Å². The summed E-state index contributed by atoms with van der Waals surface area (Å²) >= 11 is 0. The van der Waals surface area contributed by atoms with E-state index < -0.39 is 29.3 Å². The Bertz CT molecular complexity index is 863. The van der Waals surface area contributed by atoms with Crippen LogP contribution in [0.25, 0.3) is 11.4 Å². The summed E-state index contributed by atoms with van der Waals surface area (Å²) in [5, 5.41) is 13.4. The number of amides is 1. The molecule has 2 aromatic rings. The lowest BCUT2D eigenvalue weighted by Gasteiger charge is -2.33. The molecule has 1 aliphatic heterocycles. The van der Waals surface area contributed by atoms with E-state index in [1.54, 1.807) is 4.90 Å². The highest BCUT2D eigenvalue weighted by atomic mass is 16.5. The summed E-state index contributed by atoms with van der Waals surface area (Å²) in [4.78, 5) is 30.6. The normalized spacial score (nSPS) is 26.6. The van der Waals surface area contributed by atoms with Gasteiger partial charge < -0.3 is 19.3 Å². The molecular formula is C19H21N3O5. The van der Waals surface area contributed by atoms with Crippen molar-refractivity contribution in [1.29, 1.82) is 0 Å². The molecule has 8 nitrogen and oxygen atoms in total. The number of carbonyl (C=O) groups excluding carboxylic acids is 1. The Labute approximate surface area is 156 Å². The molecule has 1 N–H and O–H groups in total. The number of carbonyl (C=O) groups is 2. The Hall–Kier alpha value is -2.74. The molecule has 142 valence electrons. The fraction of sp³-hybridized carbons (Fsp3) is 0.474. The van der Waals surface area contributed by atoms with Crippen LogP contribution >= 0.6 is 0 Å². The average molecular weight is 371 g/mol. The van der Waals surface area contributed by atoms with Crippen LogP contribution in [0.5, 0.6) is 0 Å². The van der Waals surface area contributed by atoms with E-state index in [1.165, 1.54) is 0 Å². The maximum Gasteiger partial charge on any atom is 0.307 e. The van der Waals surface area contributed by atoms with Crippen molar-refractivity contribution in [2.45, 2.75) is 19.9 Å². The molecule has 3 atom stereocenters. The van der Waals surface area contributed by atoms with Gasteiger partial charge in [0, 0.05) is 12.1 Å². The first-order valence-electron chi connectivity index (χ1n) is 8.91. The van der Waals surface area contributed by atoms with Crippen molar-refractivity contribution in [3.05, 3.63) is 36.2 Å². The number of carboxylic acid groups (broad SMARTS) is 1. The van der Waals surface area contributed by atoms with Crippen molar-refractivity contribution in [2.75, 3.05) is 19.8 Å². The van der Waals surface area contributed by atoms with Crippen LogP contribution in [0.1, 0.15) is 25.8 Å². The van der Waals surface area contributed by atoms with Crippen LogP contribution in [0.3, 0.4) is 0 Å². The quantitative estimate of drug-likeness (QED) is 0.876. The molecule has 2 heterocycles. The number of aliphatic carboxylic acids is 1. The highest BCUT2D eigenvalue weighted by molar-refractivity contribution is 5.92. The van der Waals surface area contributed by atoms with E-state index in [9.17, 15) is 14.7 Å². The minimum absolute atomic E-state index is 0.194. The summed E-state index contributed by atoms with van der Waals surface area (Å²) in [6, 6.07) is 8.90. The third-order valence-electron chi connectivity index (χ3n) is 5.53. The Balaban J connectivity index is 1.58. The lowest BCUT2D eigenvalue weighted by molar-refractivity contribution is -0.146. The largest absolute Gasteiger partial charge is 0.481 e. The number of ether oxygens (including phenoxy) is 1. The van der Waals surface area contributed by atoms with Crippen molar-refractivity contribution in [3.8, 4) is 11.4 Å². The van der Waals surface area contributed by atoms with E-state index in [0.717, 1.165) is 5.56 Å². The lowest BCUT2D eigenvalue weighted by Crippen LogP contribution is -2.45. The zero-order valence-corrected chi connectivity index (χ0v) is 15.2. The molecule has 1 saturated carbocycles. The van der Waals surface area contributed by atoms with Gasteiger partial charge in [0.2, 0.25) is 11.7 Å². The standard InChI is InChI=1S/C19H21N3O5/c1-19(2)13(14(19)18(24)25)17(23)22-8-9-26-10-12(22)16-20-15(21-27-16)11-6-4-3-5-7-11/h3-7,12-14H,8-10H2,1-2H3,(H,24,25)/t12?,13-,14+/m1/s1. The van der Waals surface area contributed by atoms with Gasteiger partial charge in [0.1, 0.15) is 6.04 Å². The SMILES string of the molecule is CC1(C)[C@H](C(=O)O)[C@@H]1C(=O)N1CCOCC1c1nc(-c2ccccc2)no1. The molecule has 0 bridgehead atoms. The second kappa shape index (κ2) is 6.45. The Morgan fingerprint density at radius 1 is 1.22 bits per heavy atom. The summed E-state index contributed by atoms with van der Waals surface area (Å²) in [6.45, 7) is 4.62. The van der Waals surface area contributed by atoms with Gasteiger partial charge in [-0.1, -0.05) is 49.3 Å². The highest BCUT2D eigenvalue weighted by Crippen LogP contribution is 2.59. The molecule has 2 aliphatic rings. The maximum absolute atomic E-state index is 13.1. The number of morpholine rings is 1. The van der Waals surface area contributed by atoms with E-state index in [0.29, 0.717) is 24.9 Å². The van der Waals surface area contributed by atoms with E-state index in [4.69, 9.17) is 9.26 Å². The zero-order valence-electron chi connectivity index (χ0n) is 15.2. The third kappa shape index (κ3) is 2.99. The molecule has 4 rings (SSSR count). The fourth-order valence-electron chi connectivity index (χ4n) is 3.89. The van der Waals surface area contributed by atoms with Crippen LogP contribution < -0.4 is 0 Å². The molecule has 1 aromatic carbocycles. The van der Waals surface area contributed by atoms with E-state index in [-0.39, 0.29) is 12.5 Å². The summed E-state index contributed by atoms with van der Waals surface area (Å²) in [7, 11) is 0. The zero-order chi connectivity index (χ0) is 19.2. The molecule has 1 saturated heterocycles.